The molecule has 0 fully saturated rings. The van der Waals surface area contributed by atoms with Crippen molar-refractivity contribution in [3.8, 4) is 0 Å². The summed E-state index contributed by atoms with van der Waals surface area (Å²) in [6.07, 6.45) is 2.76. The molecule has 2 aromatic carbocycles. The minimum Gasteiger partial charge on any atom is -0.333 e. The molecule has 5 nitrogen and oxygen atoms in total. The maximum absolute atomic E-state index is 13.6. The normalized spacial score (nSPS) is 11.0. The lowest BCUT2D eigenvalue weighted by molar-refractivity contribution is -0.129. The number of hydrogen-bond donors (Lipinski definition) is 1. The first kappa shape index (κ1) is 20.1. The molecule has 0 unspecified atom stereocenters. The number of para-hydroxylation sites is 1. The van der Waals surface area contributed by atoms with Crippen LogP contribution in [0.3, 0.4) is 0 Å². The predicted molar refractivity (Wildman–Crippen MR) is 103 cm³/mol. The largest absolute Gasteiger partial charge is 0.333 e. The Morgan fingerprint density at radius 2 is 1.79 bits per heavy atom. The fourth-order valence-corrected chi connectivity index (χ4v) is 2.56. The van der Waals surface area contributed by atoms with E-state index in [1.165, 1.54) is 19.2 Å². The van der Waals surface area contributed by atoms with Gasteiger partial charge in [-0.25, -0.2) is 18.2 Å². The molecule has 8 heteroatoms. The van der Waals surface area contributed by atoms with Gasteiger partial charge in [-0.05, 0) is 30.3 Å². The molecule has 1 aromatic heterocycles. The van der Waals surface area contributed by atoms with E-state index in [2.05, 4.69) is 10.3 Å². The van der Waals surface area contributed by atoms with E-state index in [1.807, 2.05) is 30.3 Å². The summed E-state index contributed by atoms with van der Waals surface area (Å²) in [5.41, 5.74) is 0.841. The first-order valence-corrected chi connectivity index (χ1v) is 8.57. The van der Waals surface area contributed by atoms with Crippen molar-refractivity contribution in [2.75, 3.05) is 18.9 Å². The van der Waals surface area contributed by atoms with Gasteiger partial charge in [-0.3, -0.25) is 9.59 Å². The van der Waals surface area contributed by atoms with Crippen molar-refractivity contribution in [1.82, 2.24) is 9.88 Å². The van der Waals surface area contributed by atoms with E-state index in [9.17, 15) is 22.8 Å². The minimum atomic E-state index is -1.68. The first-order valence-electron chi connectivity index (χ1n) is 8.57. The van der Waals surface area contributed by atoms with Crippen LogP contribution in [-0.4, -0.2) is 35.3 Å². The number of pyridine rings is 1. The predicted octanol–water partition coefficient (Wildman–Crippen LogP) is 3.76. The minimum absolute atomic E-state index is 0.410. The second-order valence-electron chi connectivity index (χ2n) is 6.23. The number of carbonyl (C=O) groups is 2. The number of hydrogen-bond acceptors (Lipinski definition) is 3. The Balaban J connectivity index is 1.61. The maximum Gasteiger partial charge on any atom is 0.246 e. The Labute approximate surface area is 164 Å². The van der Waals surface area contributed by atoms with Gasteiger partial charge in [0.1, 0.15) is 0 Å². The molecule has 0 aliphatic rings. The van der Waals surface area contributed by atoms with E-state index in [1.54, 1.807) is 6.07 Å². The summed E-state index contributed by atoms with van der Waals surface area (Å²) < 4.78 is 39.8. The standard InChI is InChI=1S/C21H16F3N3O2/c1-27(12-18(28)26-17-10-9-15(22)20(23)21(17)24)19(29)11-8-14-7-6-13-4-2-3-5-16(13)25-14/h2-11H,12H2,1H3,(H,26,28)/b11-8+. The molecule has 0 spiro atoms. The van der Waals surface area contributed by atoms with Gasteiger partial charge in [0.25, 0.3) is 0 Å². The van der Waals surface area contributed by atoms with Crippen LogP contribution >= 0.6 is 0 Å². The van der Waals surface area contributed by atoms with Crippen LogP contribution < -0.4 is 5.32 Å². The van der Waals surface area contributed by atoms with Gasteiger partial charge in [0.15, 0.2) is 17.5 Å². The van der Waals surface area contributed by atoms with Crippen molar-refractivity contribution in [2.45, 2.75) is 0 Å². The zero-order chi connectivity index (χ0) is 21.0. The molecule has 2 amide bonds. The summed E-state index contributed by atoms with van der Waals surface area (Å²) in [4.78, 5) is 29.6. The van der Waals surface area contributed by atoms with E-state index < -0.39 is 41.5 Å². The Morgan fingerprint density at radius 1 is 1.03 bits per heavy atom. The number of rotatable bonds is 5. The van der Waals surface area contributed by atoms with Gasteiger partial charge in [0.2, 0.25) is 11.8 Å². The molecule has 148 valence electrons. The SMILES string of the molecule is CN(CC(=O)Nc1ccc(F)c(F)c1F)C(=O)/C=C/c1ccc2ccccc2n1. The third-order valence-corrected chi connectivity index (χ3v) is 4.08. The number of nitrogens with one attached hydrogen (secondary N) is 1. The van der Waals surface area contributed by atoms with Crippen LogP contribution in [0.15, 0.2) is 54.6 Å². The molecular weight excluding hydrogens is 383 g/mol. The third-order valence-electron chi connectivity index (χ3n) is 4.08. The molecule has 3 rings (SSSR count). The molecule has 0 saturated carbocycles. The number of nitrogens with zero attached hydrogens (tertiary/aromatic N) is 2. The lowest BCUT2D eigenvalue weighted by Gasteiger charge is -2.15. The summed E-state index contributed by atoms with van der Waals surface area (Å²) in [5, 5.41) is 3.07. The van der Waals surface area contributed by atoms with Crippen LogP contribution in [0.1, 0.15) is 5.69 Å². The maximum atomic E-state index is 13.6. The highest BCUT2D eigenvalue weighted by molar-refractivity contribution is 5.98. The van der Waals surface area contributed by atoms with Crippen molar-refractivity contribution >= 4 is 34.5 Å². The van der Waals surface area contributed by atoms with Crippen molar-refractivity contribution in [2.24, 2.45) is 0 Å². The number of fused-ring (bicyclic) bond motifs is 1. The first-order chi connectivity index (χ1) is 13.8. The van der Waals surface area contributed by atoms with Crippen molar-refractivity contribution < 1.29 is 22.8 Å². The molecule has 0 radical (unpaired) electrons. The number of aromatic nitrogens is 1. The Hall–Kier alpha value is -3.68. The van der Waals surface area contributed by atoms with E-state index in [0.29, 0.717) is 11.8 Å². The number of likely N-dealkylation sites (N-methyl/N-ethyl adjacent to an activating group) is 1. The molecule has 29 heavy (non-hydrogen) atoms. The zero-order valence-electron chi connectivity index (χ0n) is 15.3. The Morgan fingerprint density at radius 3 is 2.59 bits per heavy atom. The summed E-state index contributed by atoms with van der Waals surface area (Å²) in [6.45, 7) is -0.410. The van der Waals surface area contributed by atoms with Gasteiger partial charge in [-0.2, -0.15) is 0 Å². The van der Waals surface area contributed by atoms with Crippen LogP contribution in [0.2, 0.25) is 0 Å². The van der Waals surface area contributed by atoms with Gasteiger partial charge >= 0.3 is 0 Å². The highest BCUT2D eigenvalue weighted by Gasteiger charge is 2.17. The van der Waals surface area contributed by atoms with Crippen LogP contribution in [0, 0.1) is 17.5 Å². The molecular formula is C21H16F3N3O2. The summed E-state index contributed by atoms with van der Waals surface area (Å²) in [6, 6.07) is 12.8. The smallest absolute Gasteiger partial charge is 0.246 e. The monoisotopic (exact) mass is 399 g/mol. The average Bonchev–Trinajstić information content (AvgIpc) is 2.72. The zero-order valence-corrected chi connectivity index (χ0v) is 15.3. The number of halogens is 3. The van der Waals surface area contributed by atoms with Crippen molar-refractivity contribution in [3.05, 3.63) is 77.8 Å². The Kier molecular flexibility index (Phi) is 5.92. The molecule has 0 atom stereocenters. The molecule has 0 aliphatic heterocycles. The molecule has 3 aromatic rings. The van der Waals surface area contributed by atoms with Crippen LogP contribution in [0.25, 0.3) is 17.0 Å². The lowest BCUT2D eigenvalue weighted by atomic mass is 10.2. The number of carbonyl (C=O) groups excluding carboxylic acids is 2. The van der Waals surface area contributed by atoms with Crippen LogP contribution in [0.4, 0.5) is 18.9 Å². The van der Waals surface area contributed by atoms with Crippen molar-refractivity contribution in [1.29, 1.82) is 0 Å². The fraction of sp³-hybridized carbons (Fsp3) is 0.0952. The molecule has 0 aliphatic carbocycles. The fourth-order valence-electron chi connectivity index (χ4n) is 2.56. The lowest BCUT2D eigenvalue weighted by Crippen LogP contribution is -2.34. The van der Waals surface area contributed by atoms with Gasteiger partial charge in [0, 0.05) is 18.5 Å². The second kappa shape index (κ2) is 8.55. The highest BCUT2D eigenvalue weighted by atomic mass is 19.2. The summed E-state index contributed by atoms with van der Waals surface area (Å²) in [7, 11) is 1.38. The quantitative estimate of drug-likeness (QED) is 0.525. The number of benzene rings is 2. The van der Waals surface area contributed by atoms with Crippen LogP contribution in [0.5, 0.6) is 0 Å². The Bertz CT molecular complexity index is 1120. The summed E-state index contributed by atoms with van der Waals surface area (Å²) >= 11 is 0. The van der Waals surface area contributed by atoms with Gasteiger partial charge in [0.05, 0.1) is 23.4 Å². The number of amides is 2. The molecule has 0 bridgehead atoms. The average molecular weight is 399 g/mol. The van der Waals surface area contributed by atoms with E-state index in [4.69, 9.17) is 0 Å². The molecule has 1 heterocycles. The summed E-state index contributed by atoms with van der Waals surface area (Å²) in [5.74, 6) is -5.79. The topological polar surface area (TPSA) is 62.3 Å². The van der Waals surface area contributed by atoms with E-state index in [0.717, 1.165) is 21.9 Å². The van der Waals surface area contributed by atoms with Crippen LogP contribution in [-0.2, 0) is 9.59 Å². The van der Waals surface area contributed by atoms with E-state index >= 15 is 0 Å². The number of anilines is 1. The molecule has 1 N–H and O–H groups in total. The highest BCUT2D eigenvalue weighted by Crippen LogP contribution is 2.19. The third kappa shape index (κ3) is 4.78. The van der Waals surface area contributed by atoms with Gasteiger partial charge < -0.3 is 10.2 Å². The molecule has 0 saturated heterocycles. The van der Waals surface area contributed by atoms with E-state index in [-0.39, 0.29) is 0 Å². The van der Waals surface area contributed by atoms with Gasteiger partial charge in [-0.15, -0.1) is 0 Å². The van der Waals surface area contributed by atoms with Gasteiger partial charge in [-0.1, -0.05) is 24.3 Å². The second-order valence-corrected chi connectivity index (χ2v) is 6.23. The van der Waals surface area contributed by atoms with Crippen molar-refractivity contribution in [3.63, 3.8) is 0 Å².